The summed E-state index contributed by atoms with van der Waals surface area (Å²) in [6.45, 7) is 0.0960. The number of urea groups is 1. The summed E-state index contributed by atoms with van der Waals surface area (Å²) in [4.78, 5) is 23.5. The fourth-order valence-electron chi connectivity index (χ4n) is 1.41. The minimum Gasteiger partial charge on any atom is -0.494 e. The number of carboxylic acid groups (broad SMARTS) is 1. The van der Waals surface area contributed by atoms with Gasteiger partial charge in [-0.05, 0) is 12.1 Å². The summed E-state index contributed by atoms with van der Waals surface area (Å²) in [6.07, 6.45) is -0.131. The summed E-state index contributed by atoms with van der Waals surface area (Å²) in [7, 11) is 2.93. The zero-order valence-corrected chi connectivity index (χ0v) is 12.5. The van der Waals surface area contributed by atoms with Crippen molar-refractivity contribution in [3.05, 3.63) is 22.2 Å². The first kappa shape index (κ1) is 16.4. The van der Waals surface area contributed by atoms with Gasteiger partial charge in [-0.1, -0.05) is 23.2 Å². The number of carboxylic acids is 1. The second-order valence-electron chi connectivity index (χ2n) is 3.97. The quantitative estimate of drug-likeness (QED) is 0.874. The van der Waals surface area contributed by atoms with Crippen LogP contribution in [-0.2, 0) is 4.79 Å². The Morgan fingerprint density at radius 3 is 2.35 bits per heavy atom. The van der Waals surface area contributed by atoms with Crippen LogP contribution in [0.1, 0.15) is 6.42 Å². The SMILES string of the molecule is COc1c(Cl)cc(NC(=O)N(C)CCC(=O)O)cc1Cl. The number of nitrogens with one attached hydrogen (secondary N) is 1. The van der Waals surface area contributed by atoms with Crippen molar-refractivity contribution in [2.45, 2.75) is 6.42 Å². The molecule has 0 spiro atoms. The first-order valence-corrected chi connectivity index (χ1v) is 6.37. The molecule has 0 bridgehead atoms. The number of methoxy groups -OCH3 is 1. The maximum atomic E-state index is 11.8. The number of halogens is 2. The van der Waals surface area contributed by atoms with Gasteiger partial charge < -0.3 is 20.1 Å². The van der Waals surface area contributed by atoms with Crippen LogP contribution in [0.4, 0.5) is 10.5 Å². The first-order valence-electron chi connectivity index (χ1n) is 5.62. The van der Waals surface area contributed by atoms with Crippen LogP contribution in [0.15, 0.2) is 12.1 Å². The first-order chi connectivity index (χ1) is 9.35. The van der Waals surface area contributed by atoms with E-state index in [2.05, 4.69) is 5.32 Å². The third-order valence-electron chi connectivity index (χ3n) is 2.46. The molecule has 0 radical (unpaired) electrons. The van der Waals surface area contributed by atoms with Crippen LogP contribution < -0.4 is 10.1 Å². The molecule has 110 valence electrons. The highest BCUT2D eigenvalue weighted by molar-refractivity contribution is 6.37. The Bertz CT molecular complexity index is 499. The Kier molecular flexibility index (Phi) is 5.91. The van der Waals surface area contributed by atoms with Gasteiger partial charge in [0.2, 0.25) is 0 Å². The van der Waals surface area contributed by atoms with Crippen molar-refractivity contribution >= 4 is 40.9 Å². The molecular formula is C12H14Cl2N2O4. The minimum atomic E-state index is -0.972. The molecule has 2 amide bonds. The molecule has 0 unspecified atom stereocenters. The summed E-state index contributed by atoms with van der Waals surface area (Å²) in [5.74, 6) is -0.647. The average molecular weight is 321 g/mol. The Labute approximate surface area is 126 Å². The number of carbonyl (C=O) groups is 2. The lowest BCUT2D eigenvalue weighted by molar-refractivity contribution is -0.137. The van der Waals surface area contributed by atoms with Gasteiger partial charge in [-0.2, -0.15) is 0 Å². The van der Waals surface area contributed by atoms with E-state index in [-0.39, 0.29) is 23.0 Å². The van der Waals surface area contributed by atoms with Gasteiger partial charge in [-0.25, -0.2) is 4.79 Å². The normalized spacial score (nSPS) is 10.0. The highest BCUT2D eigenvalue weighted by Crippen LogP contribution is 2.35. The van der Waals surface area contributed by atoms with Crippen LogP contribution in [0.5, 0.6) is 5.75 Å². The van der Waals surface area contributed by atoms with E-state index in [9.17, 15) is 9.59 Å². The van der Waals surface area contributed by atoms with Crippen molar-refractivity contribution < 1.29 is 19.4 Å². The summed E-state index contributed by atoms with van der Waals surface area (Å²) < 4.78 is 5.00. The van der Waals surface area contributed by atoms with Crippen LogP contribution in [-0.4, -0.2) is 42.7 Å². The number of amides is 2. The Morgan fingerprint density at radius 2 is 1.90 bits per heavy atom. The molecule has 0 atom stereocenters. The summed E-state index contributed by atoms with van der Waals surface area (Å²) in [6, 6.07) is 2.54. The lowest BCUT2D eigenvalue weighted by atomic mass is 10.3. The molecule has 6 nitrogen and oxygen atoms in total. The topological polar surface area (TPSA) is 78.9 Å². The minimum absolute atomic E-state index is 0.0960. The van der Waals surface area contributed by atoms with Gasteiger partial charge >= 0.3 is 12.0 Å². The zero-order chi connectivity index (χ0) is 15.3. The third kappa shape index (κ3) is 4.47. The molecule has 0 aromatic heterocycles. The second kappa shape index (κ2) is 7.21. The largest absolute Gasteiger partial charge is 0.494 e. The van der Waals surface area contributed by atoms with Crippen molar-refractivity contribution in [2.75, 3.05) is 26.0 Å². The molecule has 0 saturated heterocycles. The number of benzene rings is 1. The molecule has 0 aliphatic rings. The molecule has 0 aliphatic carbocycles. The molecular weight excluding hydrogens is 307 g/mol. The summed E-state index contributed by atoms with van der Waals surface area (Å²) in [5, 5.41) is 11.7. The van der Waals surface area contributed by atoms with Gasteiger partial charge in [-0.15, -0.1) is 0 Å². The van der Waals surface area contributed by atoms with E-state index in [1.54, 1.807) is 0 Å². The lowest BCUT2D eigenvalue weighted by Crippen LogP contribution is -2.33. The van der Waals surface area contributed by atoms with Crippen molar-refractivity contribution in [2.24, 2.45) is 0 Å². The number of rotatable bonds is 5. The standard InChI is InChI=1S/C12H14Cl2N2O4/c1-16(4-3-10(17)18)12(19)15-7-5-8(13)11(20-2)9(14)6-7/h5-6H,3-4H2,1-2H3,(H,15,19)(H,17,18). The van der Waals surface area contributed by atoms with E-state index in [4.69, 9.17) is 33.0 Å². The van der Waals surface area contributed by atoms with Gasteiger partial charge in [0.25, 0.3) is 0 Å². The van der Waals surface area contributed by atoms with Crippen LogP contribution in [0.2, 0.25) is 10.0 Å². The Morgan fingerprint density at radius 1 is 1.35 bits per heavy atom. The monoisotopic (exact) mass is 320 g/mol. The van der Waals surface area contributed by atoms with Crippen molar-refractivity contribution in [1.29, 1.82) is 0 Å². The van der Waals surface area contributed by atoms with Crippen molar-refractivity contribution in [3.8, 4) is 5.75 Å². The summed E-state index contributed by atoms with van der Waals surface area (Å²) in [5.41, 5.74) is 0.396. The van der Waals surface area contributed by atoms with E-state index in [0.29, 0.717) is 11.4 Å². The van der Waals surface area contributed by atoms with Crippen LogP contribution in [0, 0.1) is 0 Å². The number of ether oxygens (including phenoxy) is 1. The molecule has 0 heterocycles. The predicted octanol–water partition coefficient (Wildman–Crippen LogP) is 2.94. The van der Waals surface area contributed by atoms with Crippen molar-refractivity contribution in [3.63, 3.8) is 0 Å². The molecule has 20 heavy (non-hydrogen) atoms. The molecule has 0 aliphatic heterocycles. The molecule has 2 N–H and O–H groups in total. The lowest BCUT2D eigenvalue weighted by Gasteiger charge is -2.17. The van der Waals surface area contributed by atoms with Gasteiger partial charge in [0.1, 0.15) is 0 Å². The van der Waals surface area contributed by atoms with E-state index in [0.717, 1.165) is 0 Å². The van der Waals surface area contributed by atoms with Gasteiger partial charge in [0, 0.05) is 19.3 Å². The van der Waals surface area contributed by atoms with E-state index in [1.807, 2.05) is 0 Å². The number of carbonyl (C=O) groups excluding carboxylic acids is 1. The Balaban J connectivity index is 2.73. The smallest absolute Gasteiger partial charge is 0.321 e. The molecule has 0 fully saturated rings. The molecule has 1 aromatic carbocycles. The average Bonchev–Trinajstić information content (AvgIpc) is 2.35. The maximum absolute atomic E-state index is 11.8. The third-order valence-corrected chi connectivity index (χ3v) is 3.02. The molecule has 1 rings (SSSR count). The highest BCUT2D eigenvalue weighted by Gasteiger charge is 2.13. The summed E-state index contributed by atoms with van der Waals surface area (Å²) >= 11 is 11.9. The highest BCUT2D eigenvalue weighted by atomic mass is 35.5. The number of aliphatic carboxylic acids is 1. The number of anilines is 1. The van der Waals surface area contributed by atoms with E-state index < -0.39 is 12.0 Å². The van der Waals surface area contributed by atoms with Crippen molar-refractivity contribution in [1.82, 2.24) is 4.90 Å². The Hall–Kier alpha value is -1.66. The fourth-order valence-corrected chi connectivity index (χ4v) is 2.05. The number of hydrogen-bond acceptors (Lipinski definition) is 3. The zero-order valence-electron chi connectivity index (χ0n) is 10.9. The van der Waals surface area contributed by atoms with E-state index >= 15 is 0 Å². The van der Waals surface area contributed by atoms with Crippen LogP contribution >= 0.6 is 23.2 Å². The molecule has 1 aromatic rings. The van der Waals surface area contributed by atoms with Crippen LogP contribution in [0.3, 0.4) is 0 Å². The van der Waals surface area contributed by atoms with Crippen LogP contribution in [0.25, 0.3) is 0 Å². The van der Waals surface area contributed by atoms with E-state index in [1.165, 1.54) is 31.2 Å². The number of nitrogens with zero attached hydrogens (tertiary/aromatic N) is 1. The number of hydrogen-bond donors (Lipinski definition) is 2. The molecule has 0 saturated carbocycles. The van der Waals surface area contributed by atoms with Gasteiger partial charge in [-0.3, -0.25) is 4.79 Å². The molecule has 8 heteroatoms. The maximum Gasteiger partial charge on any atom is 0.321 e. The second-order valence-corrected chi connectivity index (χ2v) is 4.78. The predicted molar refractivity (Wildman–Crippen MR) is 76.9 cm³/mol. The fraction of sp³-hybridized carbons (Fsp3) is 0.333. The van der Waals surface area contributed by atoms with Gasteiger partial charge in [0.05, 0.1) is 23.6 Å². The van der Waals surface area contributed by atoms with Gasteiger partial charge in [0.15, 0.2) is 5.75 Å².